The van der Waals surface area contributed by atoms with Gasteiger partial charge in [0.15, 0.2) is 0 Å². The molecule has 0 aromatic rings. The topological polar surface area (TPSA) is 64.3 Å². The average Bonchev–Trinajstić information content (AvgIpc) is 2.70. The number of carboxylic acids is 1. The Kier molecular flexibility index (Phi) is 4.95. The second kappa shape index (κ2) is 6.02. The predicted molar refractivity (Wildman–Crippen MR) is 65.4 cm³/mol. The normalized spacial score (nSPS) is 25.1. The third-order valence-corrected chi connectivity index (χ3v) is 3.92. The molecular formula is C13H22N2O2. The minimum Gasteiger partial charge on any atom is -0.481 e. The number of carboxylic acid groups (broad SMARTS) is 1. The number of aliphatic carboxylic acids is 1. The van der Waals surface area contributed by atoms with E-state index in [-0.39, 0.29) is 5.92 Å². The molecule has 1 aliphatic heterocycles. The molecule has 0 saturated carbocycles. The van der Waals surface area contributed by atoms with E-state index < -0.39 is 11.4 Å². The molecule has 1 unspecified atom stereocenters. The second-order valence-corrected chi connectivity index (χ2v) is 5.26. The fourth-order valence-electron chi connectivity index (χ4n) is 2.54. The van der Waals surface area contributed by atoms with E-state index in [4.69, 9.17) is 5.26 Å². The van der Waals surface area contributed by atoms with Crippen LogP contribution in [0.2, 0.25) is 0 Å². The van der Waals surface area contributed by atoms with Crippen LogP contribution >= 0.6 is 0 Å². The van der Waals surface area contributed by atoms with Crippen molar-refractivity contribution in [1.82, 2.24) is 4.90 Å². The molecule has 0 aromatic heterocycles. The Morgan fingerprint density at radius 1 is 1.53 bits per heavy atom. The Balaban J connectivity index is 2.45. The van der Waals surface area contributed by atoms with E-state index in [9.17, 15) is 9.90 Å². The number of carbonyl (C=O) groups is 1. The van der Waals surface area contributed by atoms with E-state index in [0.29, 0.717) is 13.0 Å². The van der Waals surface area contributed by atoms with Crippen LogP contribution in [0.3, 0.4) is 0 Å². The molecule has 1 saturated heterocycles. The van der Waals surface area contributed by atoms with Crippen LogP contribution in [0.5, 0.6) is 0 Å². The van der Waals surface area contributed by atoms with Gasteiger partial charge in [-0.25, -0.2) is 0 Å². The van der Waals surface area contributed by atoms with Gasteiger partial charge in [-0.15, -0.1) is 0 Å². The highest BCUT2D eigenvalue weighted by Gasteiger charge is 2.46. The van der Waals surface area contributed by atoms with Crippen molar-refractivity contribution >= 4 is 5.97 Å². The highest BCUT2D eigenvalue weighted by Crippen LogP contribution is 2.38. The lowest BCUT2D eigenvalue weighted by Crippen LogP contribution is -2.39. The summed E-state index contributed by atoms with van der Waals surface area (Å²) >= 11 is 0. The van der Waals surface area contributed by atoms with Gasteiger partial charge in [0.1, 0.15) is 0 Å². The van der Waals surface area contributed by atoms with Crippen molar-refractivity contribution < 1.29 is 9.90 Å². The van der Waals surface area contributed by atoms with Crippen LogP contribution in [0, 0.1) is 22.7 Å². The SMILES string of the molecule is CC(C)C1(C(=O)O)CCN(CCCCC#N)C1. The minimum atomic E-state index is -0.660. The lowest BCUT2D eigenvalue weighted by Gasteiger charge is -2.28. The van der Waals surface area contributed by atoms with Crippen LogP contribution in [0.4, 0.5) is 0 Å². The van der Waals surface area contributed by atoms with Gasteiger partial charge in [0.05, 0.1) is 11.5 Å². The molecule has 0 bridgehead atoms. The van der Waals surface area contributed by atoms with Crippen LogP contribution in [0.15, 0.2) is 0 Å². The highest BCUT2D eigenvalue weighted by molar-refractivity contribution is 5.75. The smallest absolute Gasteiger partial charge is 0.311 e. The summed E-state index contributed by atoms with van der Waals surface area (Å²) in [4.78, 5) is 13.6. The summed E-state index contributed by atoms with van der Waals surface area (Å²) in [7, 11) is 0. The predicted octanol–water partition coefficient (Wildman–Crippen LogP) is 2.11. The van der Waals surface area contributed by atoms with Gasteiger partial charge in [-0.2, -0.15) is 5.26 Å². The first-order valence-electron chi connectivity index (χ1n) is 6.35. The summed E-state index contributed by atoms with van der Waals surface area (Å²) < 4.78 is 0. The molecule has 1 N–H and O–H groups in total. The van der Waals surface area contributed by atoms with E-state index in [1.54, 1.807) is 0 Å². The molecule has 0 aromatic carbocycles. The van der Waals surface area contributed by atoms with Gasteiger partial charge >= 0.3 is 5.97 Å². The maximum Gasteiger partial charge on any atom is 0.311 e. The van der Waals surface area contributed by atoms with Crippen molar-refractivity contribution in [2.24, 2.45) is 11.3 Å². The first-order chi connectivity index (χ1) is 8.03. The van der Waals surface area contributed by atoms with Crippen LogP contribution < -0.4 is 0 Å². The molecule has 1 fully saturated rings. The van der Waals surface area contributed by atoms with Gasteiger partial charge in [-0.05, 0) is 38.3 Å². The Morgan fingerprint density at radius 3 is 2.71 bits per heavy atom. The van der Waals surface area contributed by atoms with Gasteiger partial charge in [-0.1, -0.05) is 13.8 Å². The molecule has 96 valence electrons. The maximum atomic E-state index is 11.4. The molecule has 4 nitrogen and oxygen atoms in total. The van der Waals surface area contributed by atoms with E-state index in [0.717, 1.165) is 32.4 Å². The minimum absolute atomic E-state index is 0.170. The van der Waals surface area contributed by atoms with Crippen molar-refractivity contribution in [3.8, 4) is 6.07 Å². The highest BCUT2D eigenvalue weighted by atomic mass is 16.4. The summed E-state index contributed by atoms with van der Waals surface area (Å²) in [5.74, 6) is -0.490. The number of hydrogen-bond donors (Lipinski definition) is 1. The average molecular weight is 238 g/mol. The Hall–Kier alpha value is -1.08. The molecule has 17 heavy (non-hydrogen) atoms. The zero-order valence-electron chi connectivity index (χ0n) is 10.8. The molecule has 0 aliphatic carbocycles. The summed E-state index contributed by atoms with van der Waals surface area (Å²) in [6.07, 6.45) is 3.25. The summed E-state index contributed by atoms with van der Waals surface area (Å²) in [6, 6.07) is 2.13. The van der Waals surface area contributed by atoms with Gasteiger partial charge in [-0.3, -0.25) is 4.79 Å². The van der Waals surface area contributed by atoms with Crippen molar-refractivity contribution in [3.63, 3.8) is 0 Å². The van der Waals surface area contributed by atoms with Crippen molar-refractivity contribution in [2.45, 2.75) is 39.5 Å². The van der Waals surface area contributed by atoms with Crippen LogP contribution in [-0.2, 0) is 4.79 Å². The summed E-state index contributed by atoms with van der Waals surface area (Å²) in [5, 5.41) is 17.8. The van der Waals surface area contributed by atoms with Crippen LogP contribution in [0.1, 0.15) is 39.5 Å². The fourth-order valence-corrected chi connectivity index (χ4v) is 2.54. The van der Waals surface area contributed by atoms with Crippen molar-refractivity contribution in [3.05, 3.63) is 0 Å². The molecule has 1 aliphatic rings. The number of rotatable bonds is 6. The second-order valence-electron chi connectivity index (χ2n) is 5.26. The van der Waals surface area contributed by atoms with E-state index in [1.165, 1.54) is 0 Å². The molecule has 0 spiro atoms. The quantitative estimate of drug-likeness (QED) is 0.720. The molecule has 4 heteroatoms. The number of likely N-dealkylation sites (tertiary alicyclic amines) is 1. The number of hydrogen-bond acceptors (Lipinski definition) is 3. The van der Waals surface area contributed by atoms with Gasteiger partial charge in [0.25, 0.3) is 0 Å². The Morgan fingerprint density at radius 2 is 2.24 bits per heavy atom. The number of unbranched alkanes of at least 4 members (excludes halogenated alkanes) is 2. The van der Waals surface area contributed by atoms with Gasteiger partial charge < -0.3 is 10.0 Å². The van der Waals surface area contributed by atoms with E-state index >= 15 is 0 Å². The van der Waals surface area contributed by atoms with Gasteiger partial charge in [0, 0.05) is 13.0 Å². The Labute approximate surface area is 103 Å². The molecule has 0 radical (unpaired) electrons. The van der Waals surface area contributed by atoms with Crippen molar-refractivity contribution in [1.29, 1.82) is 5.26 Å². The van der Waals surface area contributed by atoms with Crippen molar-refractivity contribution in [2.75, 3.05) is 19.6 Å². The monoisotopic (exact) mass is 238 g/mol. The maximum absolute atomic E-state index is 11.4. The van der Waals surface area contributed by atoms with Crippen LogP contribution in [-0.4, -0.2) is 35.6 Å². The van der Waals surface area contributed by atoms with E-state index in [2.05, 4.69) is 11.0 Å². The lowest BCUT2D eigenvalue weighted by molar-refractivity contribution is -0.151. The Bertz CT molecular complexity index is 309. The third kappa shape index (κ3) is 3.19. The lowest BCUT2D eigenvalue weighted by atomic mass is 9.76. The molecular weight excluding hydrogens is 216 g/mol. The molecule has 1 atom stereocenters. The molecule has 1 heterocycles. The van der Waals surface area contributed by atoms with E-state index in [1.807, 2.05) is 13.8 Å². The fraction of sp³-hybridized carbons (Fsp3) is 0.846. The third-order valence-electron chi connectivity index (χ3n) is 3.92. The zero-order chi connectivity index (χ0) is 12.9. The summed E-state index contributed by atoms with van der Waals surface area (Å²) in [5.41, 5.74) is -0.560. The largest absolute Gasteiger partial charge is 0.481 e. The number of nitriles is 1. The number of nitrogens with zero attached hydrogens (tertiary/aromatic N) is 2. The standard InChI is InChI=1S/C13H22N2O2/c1-11(2)13(12(16)17)6-9-15(10-13)8-5-3-4-7-14/h11H,3-6,8-10H2,1-2H3,(H,16,17). The zero-order valence-corrected chi connectivity index (χ0v) is 10.8. The first-order valence-corrected chi connectivity index (χ1v) is 6.35. The summed E-state index contributed by atoms with van der Waals surface area (Å²) in [6.45, 7) is 6.44. The van der Waals surface area contributed by atoms with Crippen LogP contribution in [0.25, 0.3) is 0 Å². The molecule has 0 amide bonds. The first kappa shape index (κ1) is 14.0. The molecule has 1 rings (SSSR count). The van der Waals surface area contributed by atoms with Gasteiger partial charge in [0.2, 0.25) is 0 Å².